The van der Waals surface area contributed by atoms with Gasteiger partial charge in [0.15, 0.2) is 16.3 Å². The zero-order valence-electron chi connectivity index (χ0n) is 16.1. The largest absolute Gasteiger partial charge is 0.325 e. The number of thioether (sulfide) groups is 1. The molecule has 150 valence electrons. The molecule has 0 unspecified atom stereocenters. The maximum Gasteiger partial charge on any atom is 0.282 e. The fourth-order valence-electron chi connectivity index (χ4n) is 2.97. The molecule has 1 amide bonds. The van der Waals surface area contributed by atoms with E-state index >= 15 is 0 Å². The fraction of sp³-hybridized carbons (Fsp3) is 0.136. The second-order valence-electron chi connectivity index (χ2n) is 6.52. The molecule has 1 N–H and O–H groups in total. The van der Waals surface area contributed by atoms with E-state index in [2.05, 4.69) is 20.3 Å². The van der Waals surface area contributed by atoms with E-state index in [0.29, 0.717) is 18.1 Å². The van der Waals surface area contributed by atoms with Crippen molar-refractivity contribution in [3.8, 4) is 0 Å². The van der Waals surface area contributed by atoms with Crippen LogP contribution < -0.4 is 10.9 Å². The van der Waals surface area contributed by atoms with Crippen LogP contribution in [0.2, 0.25) is 0 Å². The van der Waals surface area contributed by atoms with E-state index in [1.54, 1.807) is 4.57 Å². The second kappa shape index (κ2) is 9.32. The number of para-hydroxylation sites is 1. The van der Waals surface area contributed by atoms with Gasteiger partial charge in [-0.25, -0.2) is 15.0 Å². The van der Waals surface area contributed by atoms with Crippen molar-refractivity contribution >= 4 is 34.5 Å². The molecule has 2 aromatic heterocycles. The average molecular weight is 417 g/mol. The van der Waals surface area contributed by atoms with Crippen molar-refractivity contribution in [3.05, 3.63) is 89.0 Å². The first-order valence-electron chi connectivity index (χ1n) is 9.44. The Kier molecular flexibility index (Phi) is 6.14. The van der Waals surface area contributed by atoms with Crippen molar-refractivity contribution in [2.24, 2.45) is 0 Å². The molecular formula is C22H19N5O2S. The summed E-state index contributed by atoms with van der Waals surface area (Å²) >= 11 is 1.21. The summed E-state index contributed by atoms with van der Waals surface area (Å²) in [5, 5.41) is 3.29. The molecule has 8 heteroatoms. The molecule has 0 aliphatic rings. The highest BCUT2D eigenvalue weighted by Gasteiger charge is 2.15. The predicted octanol–water partition coefficient (Wildman–Crippen LogP) is 3.16. The van der Waals surface area contributed by atoms with Crippen molar-refractivity contribution in [1.82, 2.24) is 19.5 Å². The van der Waals surface area contributed by atoms with Crippen molar-refractivity contribution < 1.29 is 4.79 Å². The van der Waals surface area contributed by atoms with Gasteiger partial charge in [-0.05, 0) is 24.1 Å². The van der Waals surface area contributed by atoms with Gasteiger partial charge in [0.25, 0.3) is 5.56 Å². The summed E-state index contributed by atoms with van der Waals surface area (Å²) < 4.78 is 1.57. The van der Waals surface area contributed by atoms with Crippen LogP contribution in [0, 0.1) is 0 Å². The zero-order chi connectivity index (χ0) is 20.8. The van der Waals surface area contributed by atoms with Gasteiger partial charge in [-0.3, -0.25) is 14.2 Å². The minimum absolute atomic E-state index is 0.123. The summed E-state index contributed by atoms with van der Waals surface area (Å²) in [5.74, 6) is -0.0485. The Bertz CT molecular complexity index is 1210. The molecule has 7 nitrogen and oxygen atoms in total. The highest BCUT2D eigenvalue weighted by Crippen LogP contribution is 2.17. The summed E-state index contributed by atoms with van der Waals surface area (Å²) in [7, 11) is 0. The van der Waals surface area contributed by atoms with E-state index in [1.165, 1.54) is 24.2 Å². The topological polar surface area (TPSA) is 89.8 Å². The van der Waals surface area contributed by atoms with Gasteiger partial charge in [0.2, 0.25) is 5.91 Å². The number of fused-ring (bicyclic) bond motifs is 1. The van der Waals surface area contributed by atoms with Crippen LogP contribution in [0.4, 0.5) is 5.69 Å². The average Bonchev–Trinajstić information content (AvgIpc) is 2.78. The first kappa shape index (κ1) is 19.8. The monoisotopic (exact) mass is 417 g/mol. The molecule has 4 aromatic rings. The molecule has 0 bridgehead atoms. The van der Waals surface area contributed by atoms with Crippen LogP contribution in [-0.2, 0) is 17.8 Å². The summed E-state index contributed by atoms with van der Waals surface area (Å²) in [6, 6.07) is 19.1. The van der Waals surface area contributed by atoms with E-state index < -0.39 is 0 Å². The maximum atomic E-state index is 13.0. The molecule has 2 aromatic carbocycles. The highest BCUT2D eigenvalue weighted by molar-refractivity contribution is 7.99. The Morgan fingerprint density at radius 1 is 0.967 bits per heavy atom. The molecule has 0 atom stereocenters. The molecule has 0 spiro atoms. The molecule has 0 radical (unpaired) electrons. The molecule has 0 saturated heterocycles. The number of hydrogen-bond donors (Lipinski definition) is 1. The summed E-state index contributed by atoms with van der Waals surface area (Å²) in [5.41, 5.74) is 2.09. The Labute approximate surface area is 177 Å². The van der Waals surface area contributed by atoms with Crippen LogP contribution in [0.15, 0.2) is 83.0 Å². The molecule has 0 fully saturated rings. The van der Waals surface area contributed by atoms with Crippen LogP contribution >= 0.6 is 11.8 Å². The normalized spacial score (nSPS) is 10.8. The molecule has 4 rings (SSSR count). The van der Waals surface area contributed by atoms with Gasteiger partial charge < -0.3 is 5.32 Å². The van der Waals surface area contributed by atoms with E-state index in [9.17, 15) is 9.59 Å². The summed E-state index contributed by atoms with van der Waals surface area (Å²) in [6.07, 6.45) is 3.64. The number of nitrogens with zero attached hydrogens (tertiary/aromatic N) is 4. The first-order valence-corrected chi connectivity index (χ1v) is 10.4. The predicted molar refractivity (Wildman–Crippen MR) is 118 cm³/mol. The van der Waals surface area contributed by atoms with Crippen LogP contribution in [0.1, 0.15) is 5.56 Å². The quantitative estimate of drug-likeness (QED) is 0.367. The van der Waals surface area contributed by atoms with Gasteiger partial charge in [-0.1, -0.05) is 60.3 Å². The maximum absolute atomic E-state index is 13.0. The third-order valence-corrected chi connectivity index (χ3v) is 5.39. The van der Waals surface area contributed by atoms with Gasteiger partial charge in [0.05, 0.1) is 5.75 Å². The lowest BCUT2D eigenvalue weighted by Gasteiger charge is -2.12. The lowest BCUT2D eigenvalue weighted by atomic mass is 10.1. The second-order valence-corrected chi connectivity index (χ2v) is 7.46. The lowest BCUT2D eigenvalue weighted by molar-refractivity contribution is -0.113. The number of amides is 1. The van der Waals surface area contributed by atoms with Crippen LogP contribution in [0.3, 0.4) is 0 Å². The number of carbonyl (C=O) groups is 1. The third kappa shape index (κ3) is 4.72. The van der Waals surface area contributed by atoms with Crippen LogP contribution in [0.25, 0.3) is 11.2 Å². The minimum atomic E-state index is -0.255. The van der Waals surface area contributed by atoms with Crippen molar-refractivity contribution in [2.75, 3.05) is 11.1 Å². The Hall–Kier alpha value is -3.52. The minimum Gasteiger partial charge on any atom is -0.325 e. The number of rotatable bonds is 7. The fourth-order valence-corrected chi connectivity index (χ4v) is 3.78. The van der Waals surface area contributed by atoms with Crippen molar-refractivity contribution in [2.45, 2.75) is 18.1 Å². The van der Waals surface area contributed by atoms with Crippen LogP contribution in [-0.4, -0.2) is 31.2 Å². The molecule has 0 saturated carbocycles. The van der Waals surface area contributed by atoms with Crippen LogP contribution in [0.5, 0.6) is 0 Å². The number of carbonyl (C=O) groups excluding carboxylic acids is 1. The molecular weight excluding hydrogens is 398 g/mol. The molecule has 2 heterocycles. The summed E-state index contributed by atoms with van der Waals surface area (Å²) in [4.78, 5) is 38.2. The van der Waals surface area contributed by atoms with Crippen molar-refractivity contribution in [3.63, 3.8) is 0 Å². The number of aryl methyl sites for hydroxylation is 1. The summed E-state index contributed by atoms with van der Waals surface area (Å²) in [6.45, 7) is 0.436. The van der Waals surface area contributed by atoms with E-state index in [1.807, 2.05) is 60.7 Å². The molecule has 30 heavy (non-hydrogen) atoms. The van der Waals surface area contributed by atoms with Gasteiger partial charge in [-0.15, -0.1) is 0 Å². The van der Waals surface area contributed by atoms with Crippen molar-refractivity contribution in [1.29, 1.82) is 0 Å². The molecule has 0 aliphatic carbocycles. The van der Waals surface area contributed by atoms with Gasteiger partial charge in [-0.2, -0.15) is 0 Å². The third-order valence-electron chi connectivity index (χ3n) is 4.42. The zero-order valence-corrected chi connectivity index (χ0v) is 16.9. The number of benzene rings is 2. The highest BCUT2D eigenvalue weighted by atomic mass is 32.2. The lowest BCUT2D eigenvalue weighted by Crippen LogP contribution is -2.26. The van der Waals surface area contributed by atoms with E-state index in [4.69, 9.17) is 0 Å². The van der Waals surface area contributed by atoms with Gasteiger partial charge in [0, 0.05) is 24.6 Å². The van der Waals surface area contributed by atoms with E-state index in [0.717, 1.165) is 11.3 Å². The van der Waals surface area contributed by atoms with E-state index in [-0.39, 0.29) is 28.4 Å². The number of aromatic nitrogens is 4. The number of hydrogen-bond acceptors (Lipinski definition) is 6. The van der Waals surface area contributed by atoms with Gasteiger partial charge >= 0.3 is 0 Å². The number of anilines is 1. The Balaban J connectivity index is 1.57. The standard InChI is InChI=1S/C22H19N5O2S/c28-18(25-17-9-5-2-6-10-17)15-30-22-26-20-19(23-12-13-24-20)21(29)27(22)14-11-16-7-3-1-4-8-16/h1-10,12-13H,11,14-15H2,(H,25,28). The Morgan fingerprint density at radius 3 is 2.43 bits per heavy atom. The number of nitrogens with one attached hydrogen (secondary N) is 1. The SMILES string of the molecule is O=C(CSc1nc2nccnc2c(=O)n1CCc1ccccc1)Nc1ccccc1. The van der Waals surface area contributed by atoms with Gasteiger partial charge in [0.1, 0.15) is 0 Å². The first-order chi connectivity index (χ1) is 14.7. The smallest absolute Gasteiger partial charge is 0.282 e. The molecule has 0 aliphatic heterocycles. The Morgan fingerprint density at radius 2 is 1.67 bits per heavy atom.